The van der Waals surface area contributed by atoms with Crippen LogP contribution in [0.3, 0.4) is 0 Å². The first-order valence-corrected chi connectivity index (χ1v) is 11.3. The Bertz CT molecular complexity index is 897. The van der Waals surface area contributed by atoms with Gasteiger partial charge in [-0.15, -0.1) is 0 Å². The molecule has 0 radical (unpaired) electrons. The van der Waals surface area contributed by atoms with Crippen LogP contribution in [0.1, 0.15) is 25.7 Å². The van der Waals surface area contributed by atoms with Gasteiger partial charge in [-0.3, -0.25) is 14.5 Å². The molecule has 9 nitrogen and oxygen atoms in total. The lowest BCUT2D eigenvalue weighted by Crippen LogP contribution is -2.45. The molecule has 2 aliphatic carbocycles. The van der Waals surface area contributed by atoms with E-state index in [-0.39, 0.29) is 30.4 Å². The number of carbonyl (C=O) groups excluding carboxylic acids is 2. The van der Waals surface area contributed by atoms with E-state index in [4.69, 9.17) is 9.47 Å². The fourth-order valence-corrected chi connectivity index (χ4v) is 6.07. The van der Waals surface area contributed by atoms with Gasteiger partial charge >= 0.3 is 17.9 Å². The predicted molar refractivity (Wildman–Crippen MR) is 116 cm³/mol. The summed E-state index contributed by atoms with van der Waals surface area (Å²) in [6.45, 7) is 11.9. The number of aliphatic hydroxyl groups is 2. The Kier molecular flexibility index (Phi) is 6.48. The van der Waals surface area contributed by atoms with Gasteiger partial charge in [-0.05, 0) is 37.3 Å². The molecule has 0 spiro atoms. The molecule has 2 saturated carbocycles. The highest BCUT2D eigenvalue weighted by Crippen LogP contribution is 2.53. The fraction of sp³-hybridized carbons (Fsp3) is 0.625. The van der Waals surface area contributed by atoms with Gasteiger partial charge in [0.25, 0.3) is 0 Å². The predicted octanol–water partition coefficient (Wildman–Crippen LogP) is 0.667. The van der Waals surface area contributed by atoms with E-state index in [0.29, 0.717) is 31.4 Å². The average molecular weight is 462 g/mol. The molecule has 0 aromatic carbocycles. The molecule has 0 aromatic heterocycles. The molecule has 0 bridgehead atoms. The largest absolute Gasteiger partial charge is 0.480 e. The van der Waals surface area contributed by atoms with Crippen molar-refractivity contribution in [1.29, 1.82) is 0 Å². The Hall–Kier alpha value is -2.49. The molecule has 180 valence electrons. The summed E-state index contributed by atoms with van der Waals surface area (Å²) in [7, 11) is 0. The van der Waals surface area contributed by atoms with Crippen LogP contribution in [-0.2, 0) is 23.9 Å². The van der Waals surface area contributed by atoms with Crippen LogP contribution in [0.4, 0.5) is 0 Å². The van der Waals surface area contributed by atoms with Gasteiger partial charge in [0.15, 0.2) is 0 Å². The van der Waals surface area contributed by atoms with Crippen molar-refractivity contribution in [3.8, 4) is 0 Å². The second-order valence-corrected chi connectivity index (χ2v) is 9.60. The Morgan fingerprint density at radius 1 is 1.27 bits per heavy atom. The summed E-state index contributed by atoms with van der Waals surface area (Å²) in [5.74, 6) is -3.98. The minimum Gasteiger partial charge on any atom is -0.480 e. The average Bonchev–Trinajstić information content (AvgIpc) is 3.42. The maximum Gasteiger partial charge on any atom is 0.336 e. The maximum absolute atomic E-state index is 13.1. The fourth-order valence-electron chi connectivity index (χ4n) is 6.07. The van der Waals surface area contributed by atoms with Gasteiger partial charge in [-0.25, -0.2) is 4.79 Å². The van der Waals surface area contributed by atoms with Gasteiger partial charge in [0.1, 0.15) is 18.2 Å². The van der Waals surface area contributed by atoms with E-state index >= 15 is 0 Å². The molecule has 8 atom stereocenters. The molecule has 33 heavy (non-hydrogen) atoms. The normalized spacial score (nSPS) is 38.4. The molecule has 4 rings (SSSR count). The molecular weight excluding hydrogens is 430 g/mol. The summed E-state index contributed by atoms with van der Waals surface area (Å²) >= 11 is 0. The van der Waals surface area contributed by atoms with Gasteiger partial charge in [0.2, 0.25) is 0 Å². The van der Waals surface area contributed by atoms with E-state index in [9.17, 15) is 29.7 Å². The van der Waals surface area contributed by atoms with Crippen molar-refractivity contribution in [3.63, 3.8) is 0 Å². The third-order valence-corrected chi connectivity index (χ3v) is 7.75. The highest BCUT2D eigenvalue weighted by molar-refractivity contribution is 5.88. The SMILES string of the molecule is C=C(CO)C(=O)O[C@H]1CC(=C)[C@@H]2C[C@H](O)C(=C)[C@@H]2[C@H]2OC(=O)[C@@H](CN3CCCC3C(=O)O)[C@@H]21. The zero-order chi connectivity index (χ0) is 24.0. The summed E-state index contributed by atoms with van der Waals surface area (Å²) in [5.41, 5.74) is 1.24. The number of nitrogens with zero attached hydrogens (tertiary/aromatic N) is 1. The lowest BCUT2D eigenvalue weighted by molar-refractivity contribution is -0.149. The van der Waals surface area contributed by atoms with Crippen molar-refractivity contribution in [3.05, 3.63) is 36.5 Å². The van der Waals surface area contributed by atoms with E-state index in [1.54, 1.807) is 4.90 Å². The smallest absolute Gasteiger partial charge is 0.336 e. The van der Waals surface area contributed by atoms with Crippen molar-refractivity contribution >= 4 is 17.9 Å². The number of rotatable bonds is 6. The summed E-state index contributed by atoms with van der Waals surface area (Å²) in [6.07, 6.45) is -0.291. The van der Waals surface area contributed by atoms with Crippen molar-refractivity contribution in [2.24, 2.45) is 23.7 Å². The number of likely N-dealkylation sites (tertiary alicyclic amines) is 1. The summed E-state index contributed by atoms with van der Waals surface area (Å²) in [5, 5.41) is 29.3. The number of ether oxygens (including phenoxy) is 2. The first-order valence-electron chi connectivity index (χ1n) is 11.3. The minimum atomic E-state index is -0.931. The van der Waals surface area contributed by atoms with Crippen LogP contribution < -0.4 is 0 Å². The van der Waals surface area contributed by atoms with E-state index in [1.807, 2.05) is 0 Å². The van der Waals surface area contributed by atoms with Crippen molar-refractivity contribution in [2.45, 2.75) is 50.0 Å². The summed E-state index contributed by atoms with van der Waals surface area (Å²) < 4.78 is 11.6. The van der Waals surface area contributed by atoms with Crippen LogP contribution in [0.25, 0.3) is 0 Å². The molecule has 3 N–H and O–H groups in total. The number of hydrogen-bond donors (Lipinski definition) is 3. The Balaban J connectivity index is 1.68. The number of carboxylic acid groups (broad SMARTS) is 1. The number of aliphatic carboxylic acids is 1. The first kappa shape index (κ1) is 23.7. The van der Waals surface area contributed by atoms with Crippen LogP contribution in [-0.4, -0.2) is 82.2 Å². The van der Waals surface area contributed by atoms with Crippen molar-refractivity contribution in [1.82, 2.24) is 4.90 Å². The van der Waals surface area contributed by atoms with E-state index < -0.39 is 60.7 Å². The number of fused-ring (bicyclic) bond motifs is 3. The maximum atomic E-state index is 13.1. The number of carbonyl (C=O) groups is 3. The first-order chi connectivity index (χ1) is 15.6. The molecule has 4 fully saturated rings. The van der Waals surface area contributed by atoms with Gasteiger partial charge in [-0.2, -0.15) is 0 Å². The molecule has 1 unspecified atom stereocenters. The van der Waals surface area contributed by atoms with Crippen LogP contribution in [0, 0.1) is 23.7 Å². The number of aliphatic hydroxyl groups excluding tert-OH is 2. The van der Waals surface area contributed by atoms with Crippen LogP contribution >= 0.6 is 0 Å². The zero-order valence-corrected chi connectivity index (χ0v) is 18.5. The van der Waals surface area contributed by atoms with Gasteiger partial charge in [0.05, 0.1) is 24.2 Å². The molecule has 9 heteroatoms. The van der Waals surface area contributed by atoms with E-state index in [1.165, 1.54) is 0 Å². The van der Waals surface area contributed by atoms with Gasteiger partial charge in [-0.1, -0.05) is 25.3 Å². The molecule has 2 heterocycles. The minimum absolute atomic E-state index is 0.103. The Labute approximate surface area is 192 Å². The molecule has 2 aliphatic heterocycles. The second kappa shape index (κ2) is 9.04. The van der Waals surface area contributed by atoms with Crippen molar-refractivity contribution < 1.29 is 39.2 Å². The molecule has 0 aromatic rings. The van der Waals surface area contributed by atoms with Crippen molar-refractivity contribution in [2.75, 3.05) is 19.7 Å². The van der Waals surface area contributed by atoms with Gasteiger partial charge in [0, 0.05) is 24.8 Å². The van der Waals surface area contributed by atoms with E-state index in [0.717, 1.165) is 5.57 Å². The third kappa shape index (κ3) is 4.13. The Morgan fingerprint density at radius 3 is 2.67 bits per heavy atom. The highest BCUT2D eigenvalue weighted by Gasteiger charge is 2.59. The van der Waals surface area contributed by atoms with Crippen LogP contribution in [0.5, 0.6) is 0 Å². The standard InChI is InChI=1S/C24H31NO8/c1-11-7-18(32-23(30)12(2)10-26)20-15(9-25-6-4-5-16(25)22(28)29)24(31)33-21(20)19-13(3)17(27)8-14(11)19/h14-21,26-27H,1-10H2,(H,28,29)/t14-,15-,16?,17-,18-,19-,20+,21+/m0/s1. The van der Waals surface area contributed by atoms with Crippen LogP contribution in [0.2, 0.25) is 0 Å². The second-order valence-electron chi connectivity index (χ2n) is 9.60. The third-order valence-electron chi connectivity index (χ3n) is 7.75. The summed E-state index contributed by atoms with van der Waals surface area (Å²) in [4.78, 5) is 39.1. The zero-order valence-electron chi connectivity index (χ0n) is 18.5. The molecule has 4 aliphatic rings. The lowest BCUT2D eigenvalue weighted by atomic mass is 9.78. The summed E-state index contributed by atoms with van der Waals surface area (Å²) in [6, 6.07) is -0.677. The lowest BCUT2D eigenvalue weighted by Gasteiger charge is -2.32. The molecule has 0 amide bonds. The molecular formula is C24H31NO8. The molecule has 2 saturated heterocycles. The highest BCUT2D eigenvalue weighted by atomic mass is 16.6. The monoisotopic (exact) mass is 461 g/mol. The quantitative estimate of drug-likeness (QED) is 0.296. The van der Waals surface area contributed by atoms with Crippen LogP contribution in [0.15, 0.2) is 36.5 Å². The van der Waals surface area contributed by atoms with Gasteiger partial charge < -0.3 is 24.8 Å². The Morgan fingerprint density at radius 2 is 2.00 bits per heavy atom. The number of carboxylic acids is 1. The number of esters is 2. The van der Waals surface area contributed by atoms with E-state index in [2.05, 4.69) is 19.7 Å². The topological polar surface area (TPSA) is 134 Å². The number of hydrogen-bond acceptors (Lipinski definition) is 8.